The Kier molecular flexibility index (Phi) is 16.0. The number of aromatic nitrogens is 2. The van der Waals surface area contributed by atoms with Gasteiger partial charge < -0.3 is 25.5 Å². The van der Waals surface area contributed by atoms with Crippen LogP contribution < -0.4 is 5.32 Å². The van der Waals surface area contributed by atoms with E-state index in [1.165, 1.54) is 0 Å². The van der Waals surface area contributed by atoms with E-state index in [1.807, 2.05) is 46.2 Å². The molecule has 15 nitrogen and oxygen atoms in total. The lowest BCUT2D eigenvalue weighted by Gasteiger charge is -2.33. The quantitative estimate of drug-likeness (QED) is 0.183. The highest BCUT2D eigenvalue weighted by atomic mass is 16.4. The molecule has 1 aliphatic rings. The van der Waals surface area contributed by atoms with Gasteiger partial charge in [0.15, 0.2) is 0 Å². The van der Waals surface area contributed by atoms with Crippen LogP contribution in [0, 0.1) is 0 Å². The van der Waals surface area contributed by atoms with Crippen LogP contribution in [0.15, 0.2) is 48.8 Å². The molecule has 2 aromatic heterocycles. The molecule has 0 saturated carbocycles. The third-order valence-corrected chi connectivity index (χ3v) is 7.63. The minimum absolute atomic E-state index is 0.0647. The fourth-order valence-electron chi connectivity index (χ4n) is 5.18. The van der Waals surface area contributed by atoms with Crippen LogP contribution >= 0.6 is 0 Å². The van der Waals surface area contributed by atoms with Gasteiger partial charge >= 0.3 is 17.9 Å². The molecule has 0 aliphatic carbocycles. The van der Waals surface area contributed by atoms with Gasteiger partial charge in [-0.05, 0) is 24.3 Å². The van der Waals surface area contributed by atoms with Crippen molar-refractivity contribution in [3.63, 3.8) is 0 Å². The number of nitrogens with zero attached hydrogens (tertiary/aromatic N) is 7. The number of nitrogens with one attached hydrogen (secondary N) is 1. The van der Waals surface area contributed by atoms with E-state index < -0.39 is 17.9 Å². The standard InChI is InChI=1S/C31H46N8O7/c40-28(34-10-12-39(21-26-5-1-3-8-32-26)22-27-6-2-4-9-33-27)23-36-17-19-37(24-30(43)44)15-13-35(11-7-29(41)42)14-16-38(20-18-36)25-31(45)46/h1-6,8-9H,7,10-25H2,(H,34,40)(H,41,42)(H,43,44)(H,45,46). The van der Waals surface area contributed by atoms with Crippen molar-refractivity contribution in [3.05, 3.63) is 60.2 Å². The Hall–Kier alpha value is -4.02. The normalized spacial score (nSPS) is 16.4. The van der Waals surface area contributed by atoms with Crippen molar-refractivity contribution in [1.29, 1.82) is 0 Å². The number of rotatable bonds is 16. The van der Waals surface area contributed by atoms with E-state index in [-0.39, 0.29) is 38.5 Å². The maximum Gasteiger partial charge on any atom is 0.317 e. The highest BCUT2D eigenvalue weighted by Crippen LogP contribution is 2.07. The lowest BCUT2D eigenvalue weighted by Crippen LogP contribution is -2.49. The molecule has 3 heterocycles. The average molecular weight is 643 g/mol. The number of carbonyl (C=O) groups is 4. The lowest BCUT2D eigenvalue weighted by molar-refractivity contribution is -0.139. The van der Waals surface area contributed by atoms with E-state index in [0.717, 1.165) is 11.4 Å². The Morgan fingerprint density at radius 3 is 1.52 bits per heavy atom. The van der Waals surface area contributed by atoms with E-state index in [4.69, 9.17) is 5.11 Å². The van der Waals surface area contributed by atoms with Gasteiger partial charge in [0.2, 0.25) is 5.91 Å². The number of amides is 1. The Morgan fingerprint density at radius 1 is 0.652 bits per heavy atom. The SMILES string of the molecule is O=C(O)CCN1CCN(CC(=O)O)CCN(CC(=O)NCCN(Cc2ccccn2)Cc2ccccn2)CCN(CC(=O)O)CC1. The molecule has 0 aromatic carbocycles. The molecule has 0 atom stereocenters. The minimum Gasteiger partial charge on any atom is -0.481 e. The second-order valence-electron chi connectivity index (χ2n) is 11.3. The molecule has 0 unspecified atom stereocenters. The summed E-state index contributed by atoms with van der Waals surface area (Å²) in [5, 5.41) is 31.1. The summed E-state index contributed by atoms with van der Waals surface area (Å²) >= 11 is 0. The summed E-state index contributed by atoms with van der Waals surface area (Å²) in [6.45, 7) is 5.39. The first-order chi connectivity index (χ1) is 22.2. The molecule has 1 amide bonds. The maximum absolute atomic E-state index is 13.1. The second kappa shape index (κ2) is 20.2. The number of carbonyl (C=O) groups excluding carboxylic acids is 1. The molecule has 0 spiro atoms. The number of hydrogen-bond acceptors (Lipinski definition) is 11. The van der Waals surface area contributed by atoms with Crippen LogP contribution in [-0.4, -0.2) is 165 Å². The number of hydrogen-bond donors (Lipinski definition) is 4. The molecule has 1 fully saturated rings. The first-order valence-electron chi connectivity index (χ1n) is 15.5. The van der Waals surface area contributed by atoms with Gasteiger partial charge in [-0.1, -0.05) is 12.1 Å². The van der Waals surface area contributed by atoms with E-state index in [0.29, 0.717) is 78.5 Å². The molecule has 1 aliphatic heterocycles. The average Bonchev–Trinajstić information content (AvgIpc) is 3.01. The van der Waals surface area contributed by atoms with E-state index >= 15 is 0 Å². The molecular weight excluding hydrogens is 596 g/mol. The van der Waals surface area contributed by atoms with Gasteiger partial charge in [-0.3, -0.25) is 48.7 Å². The van der Waals surface area contributed by atoms with Gasteiger partial charge in [-0.15, -0.1) is 0 Å². The summed E-state index contributed by atoms with van der Waals surface area (Å²) in [6, 6.07) is 11.5. The summed E-state index contributed by atoms with van der Waals surface area (Å²) in [5.41, 5.74) is 1.82. The van der Waals surface area contributed by atoms with Gasteiger partial charge in [-0.2, -0.15) is 0 Å². The van der Waals surface area contributed by atoms with Crippen molar-refractivity contribution in [2.24, 2.45) is 0 Å². The third kappa shape index (κ3) is 15.3. The molecule has 15 heteroatoms. The largest absolute Gasteiger partial charge is 0.481 e. The molecule has 46 heavy (non-hydrogen) atoms. The molecule has 3 rings (SSSR count). The Balaban J connectivity index is 1.61. The van der Waals surface area contributed by atoms with Crippen molar-refractivity contribution in [3.8, 4) is 0 Å². The zero-order valence-corrected chi connectivity index (χ0v) is 26.2. The summed E-state index contributed by atoms with van der Waals surface area (Å²) in [7, 11) is 0. The van der Waals surface area contributed by atoms with Gasteiger partial charge in [0, 0.05) is 97.5 Å². The zero-order valence-electron chi connectivity index (χ0n) is 26.2. The number of carboxylic acid groups (broad SMARTS) is 3. The van der Waals surface area contributed by atoms with Crippen molar-refractivity contribution in [2.45, 2.75) is 19.5 Å². The summed E-state index contributed by atoms with van der Waals surface area (Å²) in [5.74, 6) is -3.06. The predicted octanol–water partition coefficient (Wildman–Crippen LogP) is -0.539. The van der Waals surface area contributed by atoms with Crippen LogP contribution in [0.4, 0.5) is 0 Å². The molecule has 1 saturated heterocycles. The first kappa shape index (κ1) is 36.4. The van der Waals surface area contributed by atoms with E-state index in [2.05, 4.69) is 20.2 Å². The molecular formula is C31H46N8O7. The van der Waals surface area contributed by atoms with Crippen molar-refractivity contribution >= 4 is 23.8 Å². The third-order valence-electron chi connectivity index (χ3n) is 7.63. The fourth-order valence-corrected chi connectivity index (χ4v) is 5.18. The van der Waals surface area contributed by atoms with Crippen LogP contribution in [0.5, 0.6) is 0 Å². The van der Waals surface area contributed by atoms with Gasteiger partial charge in [0.05, 0.1) is 37.4 Å². The van der Waals surface area contributed by atoms with Crippen molar-refractivity contribution < 1.29 is 34.5 Å². The summed E-state index contributed by atoms with van der Waals surface area (Å²) in [6.07, 6.45) is 3.43. The number of pyridine rings is 2. The Bertz CT molecular complexity index is 1150. The Labute approximate surface area is 269 Å². The zero-order chi connectivity index (χ0) is 33.1. The van der Waals surface area contributed by atoms with Crippen LogP contribution in [0.1, 0.15) is 17.8 Å². The minimum atomic E-state index is -0.970. The molecule has 0 bridgehead atoms. The van der Waals surface area contributed by atoms with Crippen LogP contribution in [-0.2, 0) is 32.3 Å². The monoisotopic (exact) mass is 642 g/mol. The number of aliphatic carboxylic acids is 3. The van der Waals surface area contributed by atoms with Crippen molar-refractivity contribution in [1.82, 2.24) is 39.8 Å². The van der Waals surface area contributed by atoms with E-state index in [9.17, 15) is 29.4 Å². The fraction of sp³-hybridized carbons (Fsp3) is 0.548. The highest BCUT2D eigenvalue weighted by molar-refractivity contribution is 5.78. The molecule has 2 aromatic rings. The predicted molar refractivity (Wildman–Crippen MR) is 169 cm³/mol. The van der Waals surface area contributed by atoms with E-state index in [1.54, 1.807) is 22.2 Å². The second-order valence-corrected chi connectivity index (χ2v) is 11.3. The van der Waals surface area contributed by atoms with Gasteiger partial charge in [-0.25, -0.2) is 0 Å². The first-order valence-corrected chi connectivity index (χ1v) is 15.5. The molecule has 0 radical (unpaired) electrons. The van der Waals surface area contributed by atoms with Crippen LogP contribution in [0.2, 0.25) is 0 Å². The Morgan fingerprint density at radius 2 is 1.11 bits per heavy atom. The number of carboxylic acids is 3. The summed E-state index contributed by atoms with van der Waals surface area (Å²) < 4.78 is 0. The van der Waals surface area contributed by atoms with Crippen LogP contribution in [0.25, 0.3) is 0 Å². The van der Waals surface area contributed by atoms with Gasteiger partial charge in [0.25, 0.3) is 0 Å². The smallest absolute Gasteiger partial charge is 0.317 e. The topological polar surface area (TPSA) is 183 Å². The summed E-state index contributed by atoms with van der Waals surface area (Å²) in [4.78, 5) is 65.8. The molecule has 4 N–H and O–H groups in total. The van der Waals surface area contributed by atoms with Crippen LogP contribution in [0.3, 0.4) is 0 Å². The maximum atomic E-state index is 13.1. The highest BCUT2D eigenvalue weighted by Gasteiger charge is 2.21. The lowest BCUT2D eigenvalue weighted by atomic mass is 10.3. The van der Waals surface area contributed by atoms with Gasteiger partial charge in [0.1, 0.15) is 0 Å². The molecule has 252 valence electrons. The van der Waals surface area contributed by atoms with Crippen molar-refractivity contribution in [2.75, 3.05) is 91.6 Å².